The maximum Gasteiger partial charge on any atom is 0.119 e. The summed E-state index contributed by atoms with van der Waals surface area (Å²) in [4.78, 5) is 0. The van der Waals surface area contributed by atoms with Crippen LogP contribution in [0.3, 0.4) is 0 Å². The second-order valence-electron chi connectivity index (χ2n) is 7.50. The van der Waals surface area contributed by atoms with Gasteiger partial charge in [0.25, 0.3) is 0 Å². The van der Waals surface area contributed by atoms with Gasteiger partial charge in [0.1, 0.15) is 17.0 Å². The van der Waals surface area contributed by atoms with Crippen LogP contribution in [0.4, 0.5) is 0 Å². The maximum absolute atomic E-state index is 7.98. The molecule has 30 heavy (non-hydrogen) atoms. The summed E-state index contributed by atoms with van der Waals surface area (Å²) < 4.78 is 43.4. The van der Waals surface area contributed by atoms with E-state index in [4.69, 9.17) is 15.0 Å². The smallest absolute Gasteiger partial charge is 0.119 e. The first-order valence-electron chi connectivity index (χ1n) is 11.9. The van der Waals surface area contributed by atoms with E-state index in [1.165, 1.54) is 6.92 Å². The Labute approximate surface area is 182 Å². The molecule has 0 aliphatic carbocycles. The van der Waals surface area contributed by atoms with Crippen molar-refractivity contribution >= 4 is 11.0 Å². The highest BCUT2D eigenvalue weighted by atomic mass is 16.5. The number of nitrogens with zero attached hydrogens (tertiary/aromatic N) is 3. The third-order valence-electron chi connectivity index (χ3n) is 4.68. The average Bonchev–Trinajstić information content (AvgIpc) is 3.15. The van der Waals surface area contributed by atoms with Gasteiger partial charge in [-0.05, 0) is 99.8 Å². The van der Waals surface area contributed by atoms with Crippen molar-refractivity contribution in [3.8, 4) is 28.3 Å². The molecule has 1 atom stereocenters. The summed E-state index contributed by atoms with van der Waals surface area (Å²) in [6.07, 6.45) is -1.93. The zero-order valence-electron chi connectivity index (χ0n) is 21.5. The van der Waals surface area contributed by atoms with Gasteiger partial charge < -0.3 is 9.47 Å². The molecular weight excluding hydrogens is 374 g/mol. The monoisotopic (exact) mass is 405 g/mol. The van der Waals surface area contributed by atoms with Gasteiger partial charge in [0.05, 0.1) is 24.8 Å². The predicted molar refractivity (Wildman–Crippen MR) is 121 cm³/mol. The van der Waals surface area contributed by atoms with E-state index in [9.17, 15) is 0 Å². The molecule has 0 saturated heterocycles. The Morgan fingerprint density at radius 3 is 2.27 bits per heavy atom. The van der Waals surface area contributed by atoms with E-state index >= 15 is 0 Å². The third-order valence-corrected chi connectivity index (χ3v) is 4.68. The lowest BCUT2D eigenvalue weighted by Crippen LogP contribution is -2.05. The second-order valence-corrected chi connectivity index (χ2v) is 7.50. The molecule has 3 aromatic carbocycles. The molecule has 154 valence electrons. The Bertz CT molecular complexity index is 1290. The molecule has 0 saturated carbocycles. The average molecular weight is 406 g/mol. The van der Waals surface area contributed by atoms with E-state index in [0.29, 0.717) is 5.75 Å². The molecule has 0 aliphatic heterocycles. The van der Waals surface area contributed by atoms with Gasteiger partial charge in [-0.1, -0.05) is 17.3 Å². The van der Waals surface area contributed by atoms with Crippen molar-refractivity contribution in [2.45, 2.75) is 46.7 Å². The van der Waals surface area contributed by atoms with Crippen LogP contribution in [0.25, 0.3) is 27.8 Å². The predicted octanol–water partition coefficient (Wildman–Crippen LogP) is 5.97. The molecule has 0 aliphatic rings. The SMILES string of the molecule is [2H]C([2H])([2H])C([2H])(C)Oc1ccc(-c2cc3c(cc2C)nnn3-c2ccc(OC(C)C)cc2)cc1. The first-order chi connectivity index (χ1) is 15.9. The number of rotatable bonds is 6. The van der Waals surface area contributed by atoms with Crippen molar-refractivity contribution in [1.82, 2.24) is 15.0 Å². The van der Waals surface area contributed by atoms with Crippen LogP contribution in [0.5, 0.6) is 11.5 Å². The van der Waals surface area contributed by atoms with Crippen LogP contribution in [-0.2, 0) is 0 Å². The van der Waals surface area contributed by atoms with Gasteiger partial charge in [0, 0.05) is 4.11 Å². The van der Waals surface area contributed by atoms with Gasteiger partial charge in [-0.3, -0.25) is 0 Å². The number of fused-ring (bicyclic) bond motifs is 1. The molecular formula is C25H27N3O2. The Kier molecular flexibility index (Phi) is 4.23. The number of benzene rings is 3. The summed E-state index contributed by atoms with van der Waals surface area (Å²) in [5.41, 5.74) is 5.47. The largest absolute Gasteiger partial charge is 0.491 e. The normalized spacial score (nSPS) is 15.8. The first kappa shape index (κ1) is 15.5. The summed E-state index contributed by atoms with van der Waals surface area (Å²) in [5, 5.41) is 8.67. The van der Waals surface area contributed by atoms with Crippen molar-refractivity contribution in [3.05, 3.63) is 66.2 Å². The van der Waals surface area contributed by atoms with E-state index in [0.717, 1.165) is 39.2 Å². The van der Waals surface area contributed by atoms with Crippen molar-refractivity contribution in [2.75, 3.05) is 0 Å². The van der Waals surface area contributed by atoms with Crippen LogP contribution in [0, 0.1) is 6.92 Å². The molecule has 4 aromatic rings. The van der Waals surface area contributed by atoms with Crippen LogP contribution in [0.1, 0.15) is 38.7 Å². The maximum atomic E-state index is 7.98. The summed E-state index contributed by atoms with van der Waals surface area (Å²) in [6, 6.07) is 18.8. The van der Waals surface area contributed by atoms with Gasteiger partial charge in [0.2, 0.25) is 0 Å². The number of aromatic nitrogens is 3. The lowest BCUT2D eigenvalue weighted by Gasteiger charge is -2.12. The van der Waals surface area contributed by atoms with Crippen LogP contribution >= 0.6 is 0 Å². The van der Waals surface area contributed by atoms with Crippen LogP contribution in [0.15, 0.2) is 60.7 Å². The summed E-state index contributed by atoms with van der Waals surface area (Å²) >= 11 is 0. The fourth-order valence-electron chi connectivity index (χ4n) is 3.39. The number of hydrogen-bond donors (Lipinski definition) is 0. The molecule has 5 nitrogen and oxygen atoms in total. The molecule has 5 heteroatoms. The van der Waals surface area contributed by atoms with Crippen LogP contribution in [0.2, 0.25) is 0 Å². The topological polar surface area (TPSA) is 49.2 Å². The molecule has 0 spiro atoms. The van der Waals surface area contributed by atoms with E-state index < -0.39 is 12.9 Å². The van der Waals surface area contributed by atoms with Gasteiger partial charge in [-0.2, -0.15) is 0 Å². The number of ether oxygens (including phenoxy) is 2. The van der Waals surface area contributed by atoms with E-state index in [2.05, 4.69) is 10.3 Å². The van der Waals surface area contributed by atoms with Crippen molar-refractivity contribution in [3.63, 3.8) is 0 Å². The number of aryl methyl sites for hydroxylation is 1. The van der Waals surface area contributed by atoms with E-state index in [1.54, 1.807) is 16.8 Å². The molecule has 0 N–H and O–H groups in total. The highest BCUT2D eigenvalue weighted by Crippen LogP contribution is 2.30. The third kappa shape index (κ3) is 4.15. The van der Waals surface area contributed by atoms with Gasteiger partial charge >= 0.3 is 0 Å². The van der Waals surface area contributed by atoms with Gasteiger partial charge in [-0.25, -0.2) is 4.68 Å². The molecule has 0 bridgehead atoms. The van der Waals surface area contributed by atoms with Gasteiger partial charge in [-0.15, -0.1) is 5.10 Å². The Hall–Kier alpha value is -3.34. The molecule has 4 rings (SSSR count). The molecule has 0 amide bonds. The zero-order chi connectivity index (χ0) is 24.7. The van der Waals surface area contributed by atoms with Crippen LogP contribution in [-0.4, -0.2) is 27.2 Å². The van der Waals surface area contributed by atoms with Crippen molar-refractivity contribution < 1.29 is 15.0 Å². The summed E-state index contributed by atoms with van der Waals surface area (Å²) in [6.45, 7) is 4.66. The van der Waals surface area contributed by atoms with E-state index in [-0.39, 0.29) is 6.10 Å². The zero-order valence-corrected chi connectivity index (χ0v) is 17.5. The van der Waals surface area contributed by atoms with Gasteiger partial charge in [0.15, 0.2) is 0 Å². The molecule has 1 unspecified atom stereocenters. The molecule has 1 heterocycles. The first-order valence-corrected chi connectivity index (χ1v) is 9.87. The van der Waals surface area contributed by atoms with E-state index in [1.807, 2.05) is 69.3 Å². The highest BCUT2D eigenvalue weighted by Gasteiger charge is 2.12. The van der Waals surface area contributed by atoms with Crippen molar-refractivity contribution in [2.24, 2.45) is 0 Å². The number of hydrogen-bond acceptors (Lipinski definition) is 4. The van der Waals surface area contributed by atoms with Crippen molar-refractivity contribution in [1.29, 1.82) is 0 Å². The fraction of sp³-hybridized carbons (Fsp3) is 0.280. The lowest BCUT2D eigenvalue weighted by molar-refractivity contribution is 0.242. The standard InChI is InChI=1S/C25H27N3O2/c1-16(2)29-21-10-6-19(7-11-21)23-15-25-24(14-18(23)5)26-27-28(25)20-8-12-22(13-9-20)30-17(3)4/h6-17H,1-5H3/i1D3,16D. The molecule has 1 aromatic heterocycles. The lowest BCUT2D eigenvalue weighted by atomic mass is 9.99. The minimum Gasteiger partial charge on any atom is -0.491 e. The minimum absolute atomic E-state index is 0.101. The minimum atomic E-state index is -2.56. The van der Waals surface area contributed by atoms with Crippen LogP contribution < -0.4 is 9.47 Å². The fourth-order valence-corrected chi connectivity index (χ4v) is 3.39. The Morgan fingerprint density at radius 1 is 0.933 bits per heavy atom. The Balaban J connectivity index is 1.66. The quantitative estimate of drug-likeness (QED) is 0.396. The summed E-state index contributed by atoms with van der Waals surface area (Å²) in [5.74, 6) is 1.12. The molecule has 0 radical (unpaired) electrons. The molecule has 0 fully saturated rings. The second kappa shape index (κ2) is 8.19. The summed E-state index contributed by atoms with van der Waals surface area (Å²) in [7, 11) is 0. The Morgan fingerprint density at radius 2 is 1.60 bits per heavy atom. The highest BCUT2D eigenvalue weighted by molar-refractivity contribution is 5.85.